The Balaban J connectivity index is 2.42. The van der Waals surface area contributed by atoms with Crippen LogP contribution >= 0.6 is 0 Å². The minimum Gasteiger partial charge on any atom is -0.327 e. The molecule has 1 unspecified atom stereocenters. The third-order valence-electron chi connectivity index (χ3n) is 4.31. The molecule has 0 saturated heterocycles. The fourth-order valence-electron chi connectivity index (χ4n) is 2.91. The zero-order chi connectivity index (χ0) is 11.6. The van der Waals surface area contributed by atoms with Crippen LogP contribution in [-0.2, 0) is 0 Å². The highest BCUT2D eigenvalue weighted by molar-refractivity contribution is 4.85. The van der Waals surface area contributed by atoms with Crippen LogP contribution in [0.1, 0.15) is 60.3 Å². The summed E-state index contributed by atoms with van der Waals surface area (Å²) in [6, 6.07) is 0.422. The summed E-state index contributed by atoms with van der Waals surface area (Å²) in [6.07, 6.45) is 5.46. The Bertz CT molecular complexity index is 182. The summed E-state index contributed by atoms with van der Waals surface area (Å²) >= 11 is 0. The molecule has 0 heterocycles. The average molecular weight is 211 g/mol. The second-order valence-electron chi connectivity index (χ2n) is 6.80. The van der Waals surface area contributed by atoms with Gasteiger partial charge >= 0.3 is 0 Å². The van der Waals surface area contributed by atoms with Crippen molar-refractivity contribution in [1.29, 1.82) is 0 Å². The van der Waals surface area contributed by atoms with Crippen molar-refractivity contribution < 1.29 is 0 Å². The Kier molecular flexibility index (Phi) is 4.22. The molecule has 2 N–H and O–H groups in total. The number of rotatable bonds is 2. The van der Waals surface area contributed by atoms with E-state index in [1.165, 1.54) is 25.7 Å². The zero-order valence-corrected chi connectivity index (χ0v) is 11.2. The predicted molar refractivity (Wildman–Crippen MR) is 67.7 cm³/mol. The van der Waals surface area contributed by atoms with Crippen LogP contribution in [-0.4, -0.2) is 6.04 Å². The van der Waals surface area contributed by atoms with Crippen molar-refractivity contribution in [2.75, 3.05) is 0 Å². The van der Waals surface area contributed by atoms with Gasteiger partial charge in [0.25, 0.3) is 0 Å². The van der Waals surface area contributed by atoms with Crippen LogP contribution in [0.4, 0.5) is 0 Å². The molecule has 1 nitrogen and oxygen atoms in total. The van der Waals surface area contributed by atoms with Gasteiger partial charge < -0.3 is 5.73 Å². The molecule has 1 fully saturated rings. The summed E-state index contributed by atoms with van der Waals surface area (Å²) in [5, 5.41) is 0. The van der Waals surface area contributed by atoms with Crippen LogP contribution in [0.25, 0.3) is 0 Å². The summed E-state index contributed by atoms with van der Waals surface area (Å²) in [6.45, 7) is 11.6. The second kappa shape index (κ2) is 4.86. The lowest BCUT2D eigenvalue weighted by molar-refractivity contribution is 0.131. The second-order valence-corrected chi connectivity index (χ2v) is 6.80. The first-order valence-corrected chi connectivity index (χ1v) is 6.58. The van der Waals surface area contributed by atoms with E-state index in [1.807, 2.05) is 0 Å². The molecule has 0 aromatic heterocycles. The summed E-state index contributed by atoms with van der Waals surface area (Å²) in [4.78, 5) is 0. The van der Waals surface area contributed by atoms with Crippen molar-refractivity contribution in [3.63, 3.8) is 0 Å². The van der Waals surface area contributed by atoms with Gasteiger partial charge in [-0.25, -0.2) is 0 Å². The molecule has 0 aliphatic heterocycles. The van der Waals surface area contributed by atoms with Gasteiger partial charge in [-0.05, 0) is 48.9 Å². The normalized spacial score (nSPS) is 30.6. The molecule has 0 amide bonds. The van der Waals surface area contributed by atoms with E-state index in [0.29, 0.717) is 17.4 Å². The molecule has 1 aliphatic carbocycles. The minimum atomic E-state index is 0.422. The number of nitrogens with two attached hydrogens (primary N) is 1. The van der Waals surface area contributed by atoms with Crippen LogP contribution in [0, 0.1) is 23.2 Å². The van der Waals surface area contributed by atoms with Crippen molar-refractivity contribution in [1.82, 2.24) is 0 Å². The molecule has 0 aromatic carbocycles. The monoisotopic (exact) mass is 211 g/mol. The molecule has 0 bridgehead atoms. The van der Waals surface area contributed by atoms with Crippen molar-refractivity contribution in [3.05, 3.63) is 0 Å². The van der Waals surface area contributed by atoms with Crippen molar-refractivity contribution in [3.8, 4) is 0 Å². The van der Waals surface area contributed by atoms with Crippen LogP contribution in [0.2, 0.25) is 0 Å². The highest BCUT2D eigenvalue weighted by Crippen LogP contribution is 2.41. The standard InChI is InChI=1S/C14H29N/c1-10(2)13(15)11-6-8-12(9-7-11)14(3,4)5/h10-13H,6-9,15H2,1-5H3. The SMILES string of the molecule is CC(C)C(N)C1CCC(C(C)(C)C)CC1. The van der Waals surface area contributed by atoms with Gasteiger partial charge in [0.05, 0.1) is 0 Å². The van der Waals surface area contributed by atoms with Gasteiger partial charge in [0, 0.05) is 6.04 Å². The molecule has 0 spiro atoms. The van der Waals surface area contributed by atoms with E-state index < -0.39 is 0 Å². The van der Waals surface area contributed by atoms with E-state index in [2.05, 4.69) is 34.6 Å². The van der Waals surface area contributed by atoms with Gasteiger partial charge in [-0.1, -0.05) is 34.6 Å². The van der Waals surface area contributed by atoms with E-state index in [9.17, 15) is 0 Å². The summed E-state index contributed by atoms with van der Waals surface area (Å²) in [7, 11) is 0. The fourth-order valence-corrected chi connectivity index (χ4v) is 2.91. The van der Waals surface area contributed by atoms with Gasteiger partial charge in [-0.15, -0.1) is 0 Å². The van der Waals surface area contributed by atoms with Crippen LogP contribution in [0.15, 0.2) is 0 Å². The first-order valence-electron chi connectivity index (χ1n) is 6.58. The highest BCUT2D eigenvalue weighted by Gasteiger charge is 2.32. The van der Waals surface area contributed by atoms with E-state index in [-0.39, 0.29) is 0 Å². The number of hydrogen-bond acceptors (Lipinski definition) is 1. The number of hydrogen-bond donors (Lipinski definition) is 1. The maximum absolute atomic E-state index is 6.25. The third kappa shape index (κ3) is 3.48. The van der Waals surface area contributed by atoms with Gasteiger partial charge in [-0.3, -0.25) is 0 Å². The van der Waals surface area contributed by atoms with Crippen molar-refractivity contribution in [2.45, 2.75) is 66.3 Å². The van der Waals surface area contributed by atoms with E-state index in [4.69, 9.17) is 5.73 Å². The summed E-state index contributed by atoms with van der Waals surface area (Å²) in [5.74, 6) is 2.33. The Hall–Kier alpha value is -0.0400. The molecular weight excluding hydrogens is 182 g/mol. The maximum Gasteiger partial charge on any atom is 0.00903 e. The van der Waals surface area contributed by atoms with Gasteiger partial charge in [0.15, 0.2) is 0 Å². The van der Waals surface area contributed by atoms with E-state index >= 15 is 0 Å². The molecule has 1 aliphatic rings. The molecule has 90 valence electrons. The first kappa shape index (κ1) is 13.0. The average Bonchev–Trinajstić information content (AvgIpc) is 2.15. The largest absolute Gasteiger partial charge is 0.327 e. The lowest BCUT2D eigenvalue weighted by atomic mass is 9.68. The topological polar surface area (TPSA) is 26.0 Å². The summed E-state index contributed by atoms with van der Waals surface area (Å²) < 4.78 is 0. The Morgan fingerprint density at radius 3 is 1.80 bits per heavy atom. The minimum absolute atomic E-state index is 0.422. The molecular formula is C14H29N. The zero-order valence-electron chi connectivity index (χ0n) is 11.2. The van der Waals surface area contributed by atoms with Crippen LogP contribution in [0.3, 0.4) is 0 Å². The van der Waals surface area contributed by atoms with Crippen LogP contribution < -0.4 is 5.73 Å². The molecule has 1 atom stereocenters. The van der Waals surface area contributed by atoms with Gasteiger partial charge in [0.1, 0.15) is 0 Å². The fraction of sp³-hybridized carbons (Fsp3) is 1.00. The Morgan fingerprint density at radius 2 is 1.47 bits per heavy atom. The van der Waals surface area contributed by atoms with Gasteiger partial charge in [-0.2, -0.15) is 0 Å². The molecule has 15 heavy (non-hydrogen) atoms. The lowest BCUT2D eigenvalue weighted by Crippen LogP contribution is -2.38. The smallest absolute Gasteiger partial charge is 0.00903 e. The van der Waals surface area contributed by atoms with Crippen molar-refractivity contribution in [2.24, 2.45) is 28.9 Å². The molecule has 1 heteroatoms. The Labute approximate surface area is 95.8 Å². The van der Waals surface area contributed by atoms with Crippen LogP contribution in [0.5, 0.6) is 0 Å². The Morgan fingerprint density at radius 1 is 1.00 bits per heavy atom. The summed E-state index contributed by atoms with van der Waals surface area (Å²) in [5.41, 5.74) is 6.74. The molecule has 1 saturated carbocycles. The maximum atomic E-state index is 6.25. The highest BCUT2D eigenvalue weighted by atomic mass is 14.7. The van der Waals surface area contributed by atoms with Crippen molar-refractivity contribution >= 4 is 0 Å². The molecule has 0 aromatic rings. The van der Waals surface area contributed by atoms with Gasteiger partial charge in [0.2, 0.25) is 0 Å². The van der Waals surface area contributed by atoms with E-state index in [0.717, 1.165) is 11.8 Å². The third-order valence-corrected chi connectivity index (χ3v) is 4.31. The van der Waals surface area contributed by atoms with E-state index in [1.54, 1.807) is 0 Å². The quantitative estimate of drug-likeness (QED) is 0.738. The lowest BCUT2D eigenvalue weighted by Gasteiger charge is -2.39. The first-order chi connectivity index (χ1) is 6.82. The molecule has 1 rings (SSSR count). The molecule has 0 radical (unpaired) electrons. The predicted octanol–water partition coefficient (Wildman–Crippen LogP) is 3.82.